The van der Waals surface area contributed by atoms with Gasteiger partial charge in [-0.1, -0.05) is 12.1 Å². The van der Waals surface area contributed by atoms with Crippen molar-refractivity contribution in [2.45, 2.75) is 19.5 Å². The van der Waals surface area contributed by atoms with Crippen molar-refractivity contribution in [3.63, 3.8) is 0 Å². The number of ether oxygens (including phenoxy) is 2. The van der Waals surface area contributed by atoms with Crippen LogP contribution in [0.4, 0.5) is 5.69 Å². The summed E-state index contributed by atoms with van der Waals surface area (Å²) in [4.78, 5) is 2.29. The first-order chi connectivity index (χ1) is 8.72. The number of hydrogen-bond acceptors (Lipinski definition) is 4. The third-order valence-corrected chi connectivity index (χ3v) is 2.98. The maximum absolute atomic E-state index is 5.61. The highest BCUT2D eigenvalue weighted by Crippen LogP contribution is 2.18. The molecule has 4 nitrogen and oxygen atoms in total. The van der Waals surface area contributed by atoms with Crippen LogP contribution in [0.1, 0.15) is 12.5 Å². The van der Waals surface area contributed by atoms with Crippen LogP contribution in [0.3, 0.4) is 0 Å². The van der Waals surface area contributed by atoms with E-state index in [1.165, 1.54) is 5.69 Å². The lowest BCUT2D eigenvalue weighted by atomic mass is 10.1. The first-order valence-electron chi connectivity index (χ1n) is 6.26. The van der Waals surface area contributed by atoms with E-state index in [0.717, 1.165) is 12.1 Å². The maximum Gasteiger partial charge on any atom is 0.0663 e. The monoisotopic (exact) mass is 252 g/mol. The molecule has 0 bridgehead atoms. The average Bonchev–Trinajstić information content (AvgIpc) is 2.40. The van der Waals surface area contributed by atoms with Gasteiger partial charge in [-0.15, -0.1) is 0 Å². The van der Waals surface area contributed by atoms with E-state index in [2.05, 4.69) is 36.1 Å². The molecule has 1 unspecified atom stereocenters. The molecule has 0 fully saturated rings. The molecule has 4 heteroatoms. The van der Waals surface area contributed by atoms with Crippen molar-refractivity contribution >= 4 is 5.69 Å². The molecule has 1 rings (SSSR count). The zero-order valence-electron chi connectivity index (χ0n) is 11.6. The molecule has 1 aromatic rings. The number of anilines is 1. The van der Waals surface area contributed by atoms with Crippen molar-refractivity contribution in [3.8, 4) is 0 Å². The number of nitrogens with two attached hydrogens (primary N) is 1. The average molecular weight is 252 g/mol. The van der Waals surface area contributed by atoms with E-state index in [0.29, 0.717) is 25.8 Å². The summed E-state index contributed by atoms with van der Waals surface area (Å²) in [5, 5.41) is 0. The molecule has 0 aliphatic rings. The van der Waals surface area contributed by atoms with Crippen LogP contribution in [-0.2, 0) is 16.0 Å². The van der Waals surface area contributed by atoms with Gasteiger partial charge in [0.15, 0.2) is 0 Å². The first kappa shape index (κ1) is 15.0. The van der Waals surface area contributed by atoms with Gasteiger partial charge in [0.25, 0.3) is 0 Å². The molecular formula is C14H24N2O2. The molecule has 1 aromatic carbocycles. The van der Waals surface area contributed by atoms with Crippen LogP contribution in [0.2, 0.25) is 0 Å². The molecule has 0 spiro atoms. The molecule has 0 aliphatic carbocycles. The van der Waals surface area contributed by atoms with Crippen molar-refractivity contribution < 1.29 is 9.47 Å². The molecule has 18 heavy (non-hydrogen) atoms. The predicted molar refractivity (Wildman–Crippen MR) is 74.9 cm³/mol. The van der Waals surface area contributed by atoms with Crippen LogP contribution in [0, 0.1) is 0 Å². The third kappa shape index (κ3) is 4.29. The minimum absolute atomic E-state index is 0.314. The van der Waals surface area contributed by atoms with Gasteiger partial charge in [0.05, 0.1) is 13.2 Å². The molecule has 0 amide bonds. The van der Waals surface area contributed by atoms with Crippen LogP contribution in [-0.4, -0.2) is 40.0 Å². The Morgan fingerprint density at radius 3 is 2.33 bits per heavy atom. The Labute approximate surface area is 110 Å². The third-order valence-electron chi connectivity index (χ3n) is 2.98. The van der Waals surface area contributed by atoms with Gasteiger partial charge in [0.1, 0.15) is 0 Å². The summed E-state index contributed by atoms with van der Waals surface area (Å²) < 4.78 is 10.4. The van der Waals surface area contributed by atoms with Crippen molar-refractivity contribution in [2.75, 3.05) is 38.9 Å². The summed E-state index contributed by atoms with van der Waals surface area (Å²) >= 11 is 0. The normalized spacial score (nSPS) is 12.4. The minimum Gasteiger partial charge on any atom is -0.383 e. The zero-order valence-corrected chi connectivity index (χ0v) is 11.6. The van der Waals surface area contributed by atoms with Crippen LogP contribution in [0.25, 0.3) is 0 Å². The van der Waals surface area contributed by atoms with E-state index >= 15 is 0 Å². The largest absolute Gasteiger partial charge is 0.383 e. The Bertz CT molecular complexity index is 327. The Morgan fingerprint density at radius 1 is 1.17 bits per heavy atom. The van der Waals surface area contributed by atoms with Crippen molar-refractivity contribution in [1.82, 2.24) is 0 Å². The van der Waals surface area contributed by atoms with Crippen LogP contribution in [0.5, 0.6) is 0 Å². The second kappa shape index (κ2) is 8.08. The maximum atomic E-state index is 5.61. The van der Waals surface area contributed by atoms with Crippen LogP contribution >= 0.6 is 0 Å². The van der Waals surface area contributed by atoms with E-state index < -0.39 is 0 Å². The summed E-state index contributed by atoms with van der Waals surface area (Å²) in [6, 6.07) is 8.64. The fourth-order valence-electron chi connectivity index (χ4n) is 1.95. The molecule has 0 aromatic heterocycles. The van der Waals surface area contributed by atoms with Crippen LogP contribution < -0.4 is 10.6 Å². The number of methoxy groups -OCH3 is 2. The number of hydrogen-bond donors (Lipinski definition) is 1. The molecule has 2 N–H and O–H groups in total. The fraction of sp³-hybridized carbons (Fsp3) is 0.571. The molecule has 1 atom stereocenters. The predicted octanol–water partition coefficient (Wildman–Crippen LogP) is 1.63. The summed E-state index contributed by atoms with van der Waals surface area (Å²) in [7, 11) is 3.44. The van der Waals surface area contributed by atoms with Gasteiger partial charge in [0.2, 0.25) is 0 Å². The highest BCUT2D eigenvalue weighted by Gasteiger charge is 2.14. The van der Waals surface area contributed by atoms with Crippen molar-refractivity contribution in [1.29, 1.82) is 0 Å². The van der Waals surface area contributed by atoms with Gasteiger partial charge < -0.3 is 20.1 Å². The molecule has 0 radical (unpaired) electrons. The lowest BCUT2D eigenvalue weighted by Crippen LogP contribution is -2.38. The van der Waals surface area contributed by atoms with Crippen LogP contribution in [0.15, 0.2) is 24.3 Å². The summed E-state index contributed by atoms with van der Waals surface area (Å²) in [5.74, 6) is 0. The van der Waals surface area contributed by atoms with E-state index in [-0.39, 0.29) is 0 Å². The van der Waals surface area contributed by atoms with Gasteiger partial charge in [-0.05, 0) is 24.6 Å². The Morgan fingerprint density at radius 2 is 1.83 bits per heavy atom. The van der Waals surface area contributed by atoms with E-state index in [1.54, 1.807) is 14.2 Å². The molecule has 0 heterocycles. The molecule has 102 valence electrons. The lowest BCUT2D eigenvalue weighted by molar-refractivity contribution is 0.171. The minimum atomic E-state index is 0.314. The van der Waals surface area contributed by atoms with Gasteiger partial charge >= 0.3 is 0 Å². The second-order valence-electron chi connectivity index (χ2n) is 4.36. The SMILES string of the molecule is COCCN(c1ccc(CN)cc1)C(C)COC. The molecule has 0 saturated carbocycles. The Kier molecular flexibility index (Phi) is 6.72. The van der Waals surface area contributed by atoms with Crippen molar-refractivity contribution in [2.24, 2.45) is 5.73 Å². The summed E-state index contributed by atoms with van der Waals surface area (Å²) in [6.07, 6.45) is 0. The molecular weight excluding hydrogens is 228 g/mol. The topological polar surface area (TPSA) is 47.7 Å². The van der Waals surface area contributed by atoms with Gasteiger partial charge in [0, 0.05) is 39.0 Å². The van der Waals surface area contributed by atoms with Gasteiger partial charge in [-0.3, -0.25) is 0 Å². The Hall–Kier alpha value is -1.10. The van der Waals surface area contributed by atoms with E-state index in [9.17, 15) is 0 Å². The van der Waals surface area contributed by atoms with E-state index in [1.807, 2.05) is 0 Å². The number of rotatable bonds is 8. The first-order valence-corrected chi connectivity index (χ1v) is 6.26. The van der Waals surface area contributed by atoms with E-state index in [4.69, 9.17) is 15.2 Å². The number of nitrogens with zero attached hydrogens (tertiary/aromatic N) is 1. The Balaban J connectivity index is 2.79. The lowest BCUT2D eigenvalue weighted by Gasteiger charge is -2.31. The molecule has 0 aliphatic heterocycles. The highest BCUT2D eigenvalue weighted by atomic mass is 16.5. The standard InChI is InChI=1S/C14H24N2O2/c1-12(11-18-3)16(8-9-17-2)14-6-4-13(10-15)5-7-14/h4-7,12H,8-11,15H2,1-3H3. The summed E-state index contributed by atoms with van der Waals surface area (Å²) in [5.41, 5.74) is 7.93. The smallest absolute Gasteiger partial charge is 0.0663 e. The van der Waals surface area contributed by atoms with Gasteiger partial charge in [-0.25, -0.2) is 0 Å². The number of benzene rings is 1. The highest BCUT2D eigenvalue weighted by molar-refractivity contribution is 5.48. The van der Waals surface area contributed by atoms with Crippen molar-refractivity contribution in [3.05, 3.63) is 29.8 Å². The quantitative estimate of drug-likeness (QED) is 0.764. The second-order valence-corrected chi connectivity index (χ2v) is 4.36. The fourth-order valence-corrected chi connectivity index (χ4v) is 1.95. The zero-order chi connectivity index (χ0) is 13.4. The van der Waals surface area contributed by atoms with Gasteiger partial charge in [-0.2, -0.15) is 0 Å². The molecule has 0 saturated heterocycles. The summed E-state index contributed by atoms with van der Waals surface area (Å²) in [6.45, 7) is 4.97.